The molecule has 1 aromatic carbocycles. The highest BCUT2D eigenvalue weighted by Gasteiger charge is 2.53. The van der Waals surface area contributed by atoms with Gasteiger partial charge in [-0.2, -0.15) is 0 Å². The lowest BCUT2D eigenvalue weighted by atomic mass is 9.78. The van der Waals surface area contributed by atoms with Crippen molar-refractivity contribution in [2.24, 2.45) is 23.7 Å². The maximum Gasteiger partial charge on any atom is 0.335 e. The van der Waals surface area contributed by atoms with Gasteiger partial charge in [0.1, 0.15) is 0 Å². The van der Waals surface area contributed by atoms with E-state index in [1.807, 2.05) is 0 Å². The van der Waals surface area contributed by atoms with E-state index in [4.69, 9.17) is 5.11 Å². The van der Waals surface area contributed by atoms with Crippen LogP contribution in [0.4, 0.5) is 5.69 Å². The molecule has 3 N–H and O–H groups in total. The largest absolute Gasteiger partial charge is 0.481 e. The number of anilines is 1. The van der Waals surface area contributed by atoms with E-state index in [0.717, 1.165) is 19.3 Å². The zero-order chi connectivity index (χ0) is 15.9. The second-order valence-corrected chi connectivity index (χ2v) is 6.09. The molecule has 22 heavy (non-hydrogen) atoms. The molecular weight excluding hydrogens is 286 g/mol. The first-order valence-corrected chi connectivity index (χ1v) is 7.34. The van der Waals surface area contributed by atoms with E-state index in [2.05, 4.69) is 5.32 Å². The monoisotopic (exact) mass is 303 g/mol. The Morgan fingerprint density at radius 1 is 0.955 bits per heavy atom. The van der Waals surface area contributed by atoms with E-state index in [9.17, 15) is 19.5 Å². The molecule has 6 nitrogen and oxygen atoms in total. The van der Waals surface area contributed by atoms with Crippen LogP contribution >= 0.6 is 0 Å². The summed E-state index contributed by atoms with van der Waals surface area (Å²) in [7, 11) is 0. The van der Waals surface area contributed by atoms with Gasteiger partial charge in [-0.3, -0.25) is 9.59 Å². The zero-order valence-electron chi connectivity index (χ0n) is 11.9. The van der Waals surface area contributed by atoms with Crippen molar-refractivity contribution in [2.45, 2.75) is 19.3 Å². The predicted molar refractivity (Wildman–Crippen MR) is 77.5 cm³/mol. The van der Waals surface area contributed by atoms with Crippen LogP contribution in [-0.2, 0) is 9.59 Å². The minimum atomic E-state index is -1.03. The van der Waals surface area contributed by atoms with E-state index < -0.39 is 23.8 Å². The van der Waals surface area contributed by atoms with E-state index in [-0.39, 0.29) is 23.3 Å². The number of fused-ring (bicyclic) bond motifs is 2. The smallest absolute Gasteiger partial charge is 0.335 e. The van der Waals surface area contributed by atoms with Crippen LogP contribution in [-0.4, -0.2) is 28.1 Å². The molecule has 0 aliphatic heterocycles. The minimum absolute atomic E-state index is 0.104. The first kappa shape index (κ1) is 14.6. The summed E-state index contributed by atoms with van der Waals surface area (Å²) in [6.45, 7) is 0. The van der Waals surface area contributed by atoms with Crippen LogP contribution in [0.1, 0.15) is 29.6 Å². The predicted octanol–water partition coefficient (Wildman–Crippen LogP) is 2.07. The molecule has 116 valence electrons. The van der Waals surface area contributed by atoms with Crippen molar-refractivity contribution in [3.8, 4) is 0 Å². The molecule has 1 aromatic rings. The summed E-state index contributed by atoms with van der Waals surface area (Å²) in [6, 6.07) is 5.86. The number of amides is 1. The lowest BCUT2D eigenvalue weighted by Gasteiger charge is -2.27. The number of aliphatic carboxylic acids is 1. The van der Waals surface area contributed by atoms with Gasteiger partial charge in [-0.05, 0) is 55.4 Å². The summed E-state index contributed by atoms with van der Waals surface area (Å²) >= 11 is 0. The average Bonchev–Trinajstić information content (AvgIpc) is 3.08. The number of carboxylic acid groups (broad SMARTS) is 2. The maximum absolute atomic E-state index is 12.4. The maximum atomic E-state index is 12.4. The Morgan fingerprint density at radius 3 is 2.09 bits per heavy atom. The summed E-state index contributed by atoms with van der Waals surface area (Å²) < 4.78 is 0. The summed E-state index contributed by atoms with van der Waals surface area (Å²) in [5.74, 6) is -3.04. The highest BCUT2D eigenvalue weighted by Crippen LogP contribution is 2.52. The number of nitrogens with one attached hydrogen (secondary N) is 1. The summed E-state index contributed by atoms with van der Waals surface area (Å²) in [5, 5.41) is 20.9. The van der Waals surface area contributed by atoms with Gasteiger partial charge in [-0.25, -0.2) is 4.79 Å². The van der Waals surface area contributed by atoms with Crippen LogP contribution in [0.5, 0.6) is 0 Å². The second kappa shape index (κ2) is 5.44. The van der Waals surface area contributed by atoms with Crippen molar-refractivity contribution in [3.05, 3.63) is 29.8 Å². The molecule has 0 radical (unpaired) electrons. The quantitative estimate of drug-likeness (QED) is 0.790. The number of rotatable bonds is 4. The Bertz CT molecular complexity index is 624. The summed E-state index contributed by atoms with van der Waals surface area (Å²) in [5.41, 5.74) is 0.628. The third kappa shape index (κ3) is 2.45. The van der Waals surface area contributed by atoms with Gasteiger partial charge < -0.3 is 15.5 Å². The summed E-state index contributed by atoms with van der Waals surface area (Å²) in [4.78, 5) is 34.7. The molecule has 3 rings (SSSR count). The molecule has 6 heteroatoms. The van der Waals surface area contributed by atoms with Crippen LogP contribution in [0.3, 0.4) is 0 Å². The molecule has 2 aliphatic carbocycles. The van der Waals surface area contributed by atoms with Crippen molar-refractivity contribution >= 4 is 23.5 Å². The fourth-order valence-electron chi connectivity index (χ4n) is 3.95. The van der Waals surface area contributed by atoms with Crippen LogP contribution in [0.25, 0.3) is 0 Å². The molecular formula is C16H17NO5. The molecule has 0 heterocycles. The Morgan fingerprint density at radius 2 is 1.55 bits per heavy atom. The topological polar surface area (TPSA) is 104 Å². The zero-order valence-corrected chi connectivity index (χ0v) is 11.9. The van der Waals surface area contributed by atoms with E-state index in [0.29, 0.717) is 5.69 Å². The summed E-state index contributed by atoms with van der Waals surface area (Å²) in [6.07, 6.45) is 2.61. The molecule has 1 amide bonds. The minimum Gasteiger partial charge on any atom is -0.481 e. The Balaban J connectivity index is 1.73. The van der Waals surface area contributed by atoms with Crippen LogP contribution < -0.4 is 5.32 Å². The molecule has 2 bridgehead atoms. The van der Waals surface area contributed by atoms with Crippen molar-refractivity contribution in [2.75, 3.05) is 5.32 Å². The Labute approximate surface area is 127 Å². The fraction of sp³-hybridized carbons (Fsp3) is 0.438. The van der Waals surface area contributed by atoms with Gasteiger partial charge in [-0.15, -0.1) is 0 Å². The molecule has 0 spiro atoms. The van der Waals surface area contributed by atoms with Gasteiger partial charge >= 0.3 is 11.9 Å². The Kier molecular flexibility index (Phi) is 3.60. The van der Waals surface area contributed by atoms with Gasteiger partial charge in [0, 0.05) is 5.69 Å². The van der Waals surface area contributed by atoms with Crippen molar-refractivity contribution in [3.63, 3.8) is 0 Å². The number of hydrogen-bond acceptors (Lipinski definition) is 3. The lowest BCUT2D eigenvalue weighted by molar-refractivity contribution is -0.148. The van der Waals surface area contributed by atoms with Gasteiger partial charge in [0.2, 0.25) is 5.91 Å². The lowest BCUT2D eigenvalue weighted by Crippen LogP contribution is -2.37. The fourth-order valence-corrected chi connectivity index (χ4v) is 3.95. The van der Waals surface area contributed by atoms with Crippen LogP contribution in [0.15, 0.2) is 24.3 Å². The average molecular weight is 303 g/mol. The molecule has 0 unspecified atom stereocenters. The van der Waals surface area contributed by atoms with Crippen molar-refractivity contribution < 1.29 is 24.6 Å². The third-order valence-corrected chi connectivity index (χ3v) is 4.90. The third-order valence-electron chi connectivity index (χ3n) is 4.90. The molecule has 2 saturated carbocycles. The number of carboxylic acids is 2. The Hall–Kier alpha value is -2.37. The van der Waals surface area contributed by atoms with Gasteiger partial charge in [-0.1, -0.05) is 0 Å². The number of carbonyl (C=O) groups is 3. The number of carbonyl (C=O) groups excluding carboxylic acids is 1. The highest BCUT2D eigenvalue weighted by atomic mass is 16.4. The second-order valence-electron chi connectivity index (χ2n) is 6.09. The molecule has 2 aliphatic rings. The van der Waals surface area contributed by atoms with Crippen molar-refractivity contribution in [1.29, 1.82) is 0 Å². The molecule has 4 atom stereocenters. The van der Waals surface area contributed by atoms with Crippen LogP contribution in [0, 0.1) is 23.7 Å². The number of hydrogen-bond donors (Lipinski definition) is 3. The standard InChI is InChI=1S/C16H17NO5/c18-14(17-11-5-3-8(4-6-11)15(19)20)12-9-1-2-10(7-9)13(12)16(21)22/h3-6,9-10,12-13H,1-2,7H2,(H,17,18)(H,19,20)(H,21,22)/t9-,10-,12-,13-/m0/s1. The molecule has 0 aromatic heterocycles. The van der Waals surface area contributed by atoms with Gasteiger partial charge in [0.15, 0.2) is 0 Å². The van der Waals surface area contributed by atoms with Crippen molar-refractivity contribution in [1.82, 2.24) is 0 Å². The van der Waals surface area contributed by atoms with E-state index in [1.165, 1.54) is 24.3 Å². The first-order chi connectivity index (χ1) is 10.5. The SMILES string of the molecule is O=C(O)c1ccc(NC(=O)[C@H]2[C@H]3CC[C@@H](C3)[C@@H]2C(=O)O)cc1. The van der Waals surface area contributed by atoms with E-state index >= 15 is 0 Å². The van der Waals surface area contributed by atoms with Crippen LogP contribution in [0.2, 0.25) is 0 Å². The molecule has 0 saturated heterocycles. The number of aromatic carboxylic acids is 1. The van der Waals surface area contributed by atoms with E-state index in [1.54, 1.807) is 0 Å². The number of benzene rings is 1. The normalized spacial score (nSPS) is 29.3. The van der Waals surface area contributed by atoms with Gasteiger partial charge in [0.25, 0.3) is 0 Å². The van der Waals surface area contributed by atoms with Gasteiger partial charge in [0.05, 0.1) is 17.4 Å². The highest BCUT2D eigenvalue weighted by molar-refractivity contribution is 5.96. The first-order valence-electron chi connectivity index (χ1n) is 7.34. The molecule has 2 fully saturated rings.